The zero-order valence-electron chi connectivity index (χ0n) is 10.9. The van der Waals surface area contributed by atoms with Crippen LogP contribution < -0.4 is 16.8 Å². The molecule has 7 heteroatoms. The molecule has 0 aliphatic rings. The van der Waals surface area contributed by atoms with E-state index in [-0.39, 0.29) is 18.2 Å². The highest BCUT2D eigenvalue weighted by Gasteiger charge is 2.30. The van der Waals surface area contributed by atoms with Crippen molar-refractivity contribution < 1.29 is 18.0 Å². The number of carbonyl (C=O) groups is 1. The highest BCUT2D eigenvalue weighted by Crippen LogP contribution is 2.28. The monoisotopic (exact) mass is 289 g/mol. The summed E-state index contributed by atoms with van der Waals surface area (Å²) < 4.78 is 37.1. The van der Waals surface area contributed by atoms with Crippen LogP contribution in [0.25, 0.3) is 0 Å². The molecule has 0 saturated heterocycles. The summed E-state index contributed by atoms with van der Waals surface area (Å²) >= 11 is 0. The predicted octanol–water partition coefficient (Wildman–Crippen LogP) is 1.50. The van der Waals surface area contributed by atoms with Crippen molar-refractivity contribution in [3.63, 3.8) is 0 Å². The average molecular weight is 289 g/mol. The summed E-state index contributed by atoms with van der Waals surface area (Å²) in [6.45, 7) is 0.792. The van der Waals surface area contributed by atoms with Crippen LogP contribution in [0.15, 0.2) is 24.3 Å². The van der Waals surface area contributed by atoms with Crippen molar-refractivity contribution in [2.45, 2.75) is 25.1 Å². The standard InChI is InChI=1S/C13H18F3N3O/c14-13(15,16)10-5-3-9(4-6-10)12(20)19-8-11(18)2-1-7-17/h3-6,11H,1-2,7-8,17-18H2,(H,19,20). The zero-order valence-corrected chi connectivity index (χ0v) is 10.9. The first kappa shape index (κ1) is 16.5. The highest BCUT2D eigenvalue weighted by molar-refractivity contribution is 5.94. The third-order valence-corrected chi connectivity index (χ3v) is 2.78. The number of hydrogen-bond donors (Lipinski definition) is 3. The molecule has 0 aliphatic carbocycles. The molecule has 0 spiro atoms. The molecule has 0 radical (unpaired) electrons. The van der Waals surface area contributed by atoms with Crippen LogP contribution >= 0.6 is 0 Å². The molecular weight excluding hydrogens is 271 g/mol. The molecule has 1 unspecified atom stereocenters. The molecule has 1 atom stereocenters. The Labute approximate surface area is 115 Å². The van der Waals surface area contributed by atoms with Crippen LogP contribution in [0, 0.1) is 0 Å². The van der Waals surface area contributed by atoms with Crippen LogP contribution in [-0.4, -0.2) is 25.0 Å². The Kier molecular flexibility index (Phi) is 5.97. The lowest BCUT2D eigenvalue weighted by atomic mass is 10.1. The average Bonchev–Trinajstić information content (AvgIpc) is 2.41. The van der Waals surface area contributed by atoms with Gasteiger partial charge in [-0.3, -0.25) is 4.79 Å². The van der Waals surface area contributed by atoms with E-state index in [0.29, 0.717) is 13.0 Å². The molecule has 0 aromatic heterocycles. The van der Waals surface area contributed by atoms with E-state index in [2.05, 4.69) is 5.32 Å². The Balaban J connectivity index is 2.52. The van der Waals surface area contributed by atoms with Crippen molar-refractivity contribution in [3.8, 4) is 0 Å². The third kappa shape index (κ3) is 5.18. The SMILES string of the molecule is NCCCC(N)CNC(=O)c1ccc(C(F)(F)F)cc1. The van der Waals surface area contributed by atoms with Gasteiger partial charge in [0.1, 0.15) is 0 Å². The molecule has 1 aromatic carbocycles. The summed E-state index contributed by atoms with van der Waals surface area (Å²) in [5.74, 6) is -0.443. The molecule has 5 N–H and O–H groups in total. The maximum absolute atomic E-state index is 12.4. The van der Waals surface area contributed by atoms with E-state index in [9.17, 15) is 18.0 Å². The van der Waals surface area contributed by atoms with Gasteiger partial charge < -0.3 is 16.8 Å². The van der Waals surface area contributed by atoms with Gasteiger partial charge in [0.25, 0.3) is 5.91 Å². The number of amides is 1. The molecule has 1 amide bonds. The molecule has 20 heavy (non-hydrogen) atoms. The Morgan fingerprint density at radius 3 is 2.35 bits per heavy atom. The highest BCUT2D eigenvalue weighted by atomic mass is 19.4. The number of nitrogens with one attached hydrogen (secondary N) is 1. The topological polar surface area (TPSA) is 81.1 Å². The number of benzene rings is 1. The minimum Gasteiger partial charge on any atom is -0.350 e. The van der Waals surface area contributed by atoms with Crippen LogP contribution in [0.4, 0.5) is 13.2 Å². The fourth-order valence-electron chi connectivity index (χ4n) is 1.62. The Morgan fingerprint density at radius 1 is 1.25 bits per heavy atom. The smallest absolute Gasteiger partial charge is 0.350 e. The molecule has 0 bridgehead atoms. The molecule has 4 nitrogen and oxygen atoms in total. The lowest BCUT2D eigenvalue weighted by Gasteiger charge is -2.12. The van der Waals surface area contributed by atoms with Crippen molar-refractivity contribution in [3.05, 3.63) is 35.4 Å². The van der Waals surface area contributed by atoms with E-state index in [1.54, 1.807) is 0 Å². The summed E-state index contributed by atoms with van der Waals surface area (Å²) in [5, 5.41) is 2.58. The maximum Gasteiger partial charge on any atom is 0.416 e. The first-order valence-electron chi connectivity index (χ1n) is 6.25. The number of nitrogens with two attached hydrogens (primary N) is 2. The van der Waals surface area contributed by atoms with Crippen LogP contribution in [-0.2, 0) is 6.18 Å². The van der Waals surface area contributed by atoms with Crippen LogP contribution in [0.5, 0.6) is 0 Å². The van der Waals surface area contributed by atoms with Gasteiger partial charge in [-0.1, -0.05) is 0 Å². The largest absolute Gasteiger partial charge is 0.416 e. The lowest BCUT2D eigenvalue weighted by Crippen LogP contribution is -2.37. The second-order valence-electron chi connectivity index (χ2n) is 4.48. The predicted molar refractivity (Wildman–Crippen MR) is 70.0 cm³/mol. The van der Waals surface area contributed by atoms with Gasteiger partial charge in [0.15, 0.2) is 0 Å². The molecule has 0 heterocycles. The third-order valence-electron chi connectivity index (χ3n) is 2.78. The summed E-state index contributed by atoms with van der Waals surface area (Å²) in [5.41, 5.74) is 10.5. The van der Waals surface area contributed by atoms with E-state index < -0.39 is 17.6 Å². The Morgan fingerprint density at radius 2 is 1.85 bits per heavy atom. The number of alkyl halides is 3. The fourth-order valence-corrected chi connectivity index (χ4v) is 1.62. The Hall–Kier alpha value is -1.60. The van der Waals surface area contributed by atoms with Gasteiger partial charge in [-0.05, 0) is 43.7 Å². The minimum atomic E-state index is -4.40. The van der Waals surface area contributed by atoms with E-state index in [0.717, 1.165) is 30.7 Å². The van der Waals surface area contributed by atoms with Gasteiger partial charge >= 0.3 is 6.18 Å². The molecule has 0 saturated carbocycles. The summed E-state index contributed by atoms with van der Waals surface area (Å²) in [6, 6.07) is 3.83. The normalized spacial score (nSPS) is 13.1. The quantitative estimate of drug-likeness (QED) is 0.742. The van der Waals surface area contributed by atoms with Crippen molar-refractivity contribution in [1.82, 2.24) is 5.32 Å². The summed E-state index contributed by atoms with van der Waals surface area (Å²) in [7, 11) is 0. The minimum absolute atomic E-state index is 0.170. The van der Waals surface area contributed by atoms with Crippen molar-refractivity contribution in [1.29, 1.82) is 0 Å². The first-order chi connectivity index (χ1) is 9.34. The molecular formula is C13H18F3N3O. The molecule has 1 aromatic rings. The van der Waals surface area contributed by atoms with Crippen LogP contribution in [0.3, 0.4) is 0 Å². The summed E-state index contributed by atoms with van der Waals surface area (Å²) in [4.78, 5) is 11.7. The van der Waals surface area contributed by atoms with Crippen molar-refractivity contribution in [2.24, 2.45) is 11.5 Å². The summed E-state index contributed by atoms with van der Waals surface area (Å²) in [6.07, 6.45) is -2.96. The molecule has 112 valence electrons. The van der Waals surface area contributed by atoms with E-state index >= 15 is 0 Å². The fraction of sp³-hybridized carbons (Fsp3) is 0.462. The van der Waals surface area contributed by atoms with Crippen LogP contribution in [0.2, 0.25) is 0 Å². The number of rotatable bonds is 6. The van der Waals surface area contributed by atoms with Gasteiger partial charge in [0, 0.05) is 18.2 Å². The number of halogens is 3. The van der Waals surface area contributed by atoms with Gasteiger partial charge in [-0.2, -0.15) is 13.2 Å². The van der Waals surface area contributed by atoms with Gasteiger partial charge in [-0.25, -0.2) is 0 Å². The second-order valence-corrected chi connectivity index (χ2v) is 4.48. The van der Waals surface area contributed by atoms with Gasteiger partial charge in [0.2, 0.25) is 0 Å². The second kappa shape index (κ2) is 7.25. The van der Waals surface area contributed by atoms with Gasteiger partial charge in [-0.15, -0.1) is 0 Å². The van der Waals surface area contributed by atoms with Crippen molar-refractivity contribution >= 4 is 5.91 Å². The molecule has 1 rings (SSSR count). The lowest BCUT2D eigenvalue weighted by molar-refractivity contribution is -0.137. The maximum atomic E-state index is 12.4. The van der Waals surface area contributed by atoms with Crippen molar-refractivity contribution in [2.75, 3.05) is 13.1 Å². The number of hydrogen-bond acceptors (Lipinski definition) is 3. The molecule has 0 fully saturated rings. The van der Waals surface area contributed by atoms with E-state index in [1.807, 2.05) is 0 Å². The van der Waals surface area contributed by atoms with E-state index in [4.69, 9.17) is 11.5 Å². The first-order valence-corrected chi connectivity index (χ1v) is 6.25. The number of carbonyl (C=O) groups excluding carboxylic acids is 1. The van der Waals surface area contributed by atoms with E-state index in [1.165, 1.54) is 0 Å². The molecule has 0 aliphatic heterocycles. The zero-order chi connectivity index (χ0) is 15.2. The van der Waals surface area contributed by atoms with Crippen LogP contribution in [0.1, 0.15) is 28.8 Å². The van der Waals surface area contributed by atoms with Gasteiger partial charge in [0.05, 0.1) is 5.56 Å². The Bertz CT molecular complexity index is 431.